The first kappa shape index (κ1) is 20.6. The number of rotatable bonds is 7. The molecule has 1 aliphatic rings. The number of nitrogens with two attached hydrogens (primary N) is 1. The minimum atomic E-state index is -0.410. The molecule has 0 unspecified atom stereocenters. The van der Waals surface area contributed by atoms with Gasteiger partial charge in [-0.2, -0.15) is 0 Å². The van der Waals surface area contributed by atoms with Crippen LogP contribution >= 0.6 is 23.2 Å². The Morgan fingerprint density at radius 3 is 2.69 bits per heavy atom. The van der Waals surface area contributed by atoms with Crippen molar-refractivity contribution in [2.24, 2.45) is 0 Å². The number of hydrogen-bond donors (Lipinski definition) is 3. The van der Waals surface area contributed by atoms with Gasteiger partial charge in [-0.1, -0.05) is 36.2 Å². The van der Waals surface area contributed by atoms with Crippen molar-refractivity contribution in [3.05, 3.63) is 45.1 Å². The van der Waals surface area contributed by atoms with Gasteiger partial charge in [0.15, 0.2) is 0 Å². The third-order valence-corrected chi connectivity index (χ3v) is 4.84. The Morgan fingerprint density at radius 2 is 2.08 bits per heavy atom. The molecule has 1 aliphatic heterocycles. The summed E-state index contributed by atoms with van der Waals surface area (Å²) in [6, 6.07) is 4.71. The van der Waals surface area contributed by atoms with Gasteiger partial charge in [0.25, 0.3) is 0 Å². The van der Waals surface area contributed by atoms with Crippen LogP contribution in [0.2, 0.25) is 10.0 Å². The van der Waals surface area contributed by atoms with Crippen LogP contribution in [0.5, 0.6) is 0 Å². The number of ether oxygens (including phenoxy) is 1. The fraction of sp³-hybridized carbons (Fsp3) is 0.444. The maximum absolute atomic E-state index is 12.4. The lowest BCUT2D eigenvalue weighted by Gasteiger charge is -2.28. The molecule has 0 saturated heterocycles. The number of carbonyl (C=O) groups excluding carboxylic acids is 2. The lowest BCUT2D eigenvalue weighted by molar-refractivity contribution is -0.686. The summed E-state index contributed by atoms with van der Waals surface area (Å²) in [4.78, 5) is 24.3. The molecule has 0 radical (unpaired) electrons. The zero-order valence-corrected chi connectivity index (χ0v) is 16.6. The van der Waals surface area contributed by atoms with Crippen molar-refractivity contribution < 1.29 is 19.6 Å². The molecule has 1 heterocycles. The zero-order chi connectivity index (χ0) is 19.3. The number of urea groups is 1. The standard InChI is InChI=1S/C18H23Cl2N3O3/c1-4-14-16(17(24)26-5-2)15(23-18(25)22-14)9-21-10(3)12-7-6-11(19)8-13(12)20/h6-8,10,14,21H,4-5,9H2,1-3H3,(H2,22,23,25)/p+1/t10-,14+/m0/s1. The summed E-state index contributed by atoms with van der Waals surface area (Å²) < 4.78 is 5.16. The number of halogens is 2. The third-order valence-electron chi connectivity index (χ3n) is 4.28. The van der Waals surface area contributed by atoms with Gasteiger partial charge >= 0.3 is 12.0 Å². The highest BCUT2D eigenvalue weighted by molar-refractivity contribution is 6.35. The highest BCUT2D eigenvalue weighted by Crippen LogP contribution is 2.24. The molecule has 0 aliphatic carbocycles. The van der Waals surface area contributed by atoms with E-state index in [1.165, 1.54) is 0 Å². The molecule has 6 nitrogen and oxygen atoms in total. The predicted octanol–water partition coefficient (Wildman–Crippen LogP) is 2.53. The third kappa shape index (κ3) is 4.90. The van der Waals surface area contributed by atoms with Gasteiger partial charge < -0.3 is 20.7 Å². The quantitative estimate of drug-likeness (QED) is 0.614. The first-order valence-corrected chi connectivity index (χ1v) is 9.38. The fourth-order valence-electron chi connectivity index (χ4n) is 2.92. The van der Waals surface area contributed by atoms with Crippen molar-refractivity contribution in [1.29, 1.82) is 0 Å². The van der Waals surface area contributed by atoms with Gasteiger partial charge in [0.1, 0.15) is 12.6 Å². The highest BCUT2D eigenvalue weighted by Gasteiger charge is 2.32. The van der Waals surface area contributed by atoms with Gasteiger partial charge in [-0.05, 0) is 32.4 Å². The van der Waals surface area contributed by atoms with E-state index in [4.69, 9.17) is 27.9 Å². The van der Waals surface area contributed by atoms with Crippen molar-refractivity contribution in [3.8, 4) is 0 Å². The van der Waals surface area contributed by atoms with Gasteiger partial charge in [0.2, 0.25) is 0 Å². The molecule has 4 N–H and O–H groups in total. The largest absolute Gasteiger partial charge is 0.463 e. The number of esters is 1. The van der Waals surface area contributed by atoms with Crippen LogP contribution in [0.15, 0.2) is 29.5 Å². The highest BCUT2D eigenvalue weighted by atomic mass is 35.5. The molecular weight excluding hydrogens is 377 g/mol. The van der Waals surface area contributed by atoms with E-state index >= 15 is 0 Å². The summed E-state index contributed by atoms with van der Waals surface area (Å²) in [5.74, 6) is -0.410. The van der Waals surface area contributed by atoms with E-state index in [0.29, 0.717) is 34.3 Å². The van der Waals surface area contributed by atoms with E-state index in [1.807, 2.05) is 25.2 Å². The van der Waals surface area contributed by atoms with Gasteiger partial charge in [-0.3, -0.25) is 0 Å². The molecule has 2 amide bonds. The van der Waals surface area contributed by atoms with Gasteiger partial charge in [0.05, 0.1) is 28.9 Å². The molecule has 142 valence electrons. The Balaban J connectivity index is 2.21. The van der Waals surface area contributed by atoms with Crippen LogP contribution in [-0.2, 0) is 9.53 Å². The number of carbonyl (C=O) groups is 2. The summed E-state index contributed by atoms with van der Waals surface area (Å²) in [6.45, 7) is 6.36. The first-order chi connectivity index (χ1) is 12.4. The Labute approximate surface area is 163 Å². The Kier molecular flexibility index (Phi) is 7.32. The second-order valence-corrected chi connectivity index (χ2v) is 6.91. The van der Waals surface area contributed by atoms with E-state index in [2.05, 4.69) is 10.6 Å². The molecule has 0 fully saturated rings. The van der Waals surface area contributed by atoms with E-state index in [9.17, 15) is 9.59 Å². The number of nitrogens with one attached hydrogen (secondary N) is 2. The van der Waals surface area contributed by atoms with Crippen LogP contribution in [0.25, 0.3) is 0 Å². The molecule has 2 rings (SSSR count). The Morgan fingerprint density at radius 1 is 1.35 bits per heavy atom. The zero-order valence-electron chi connectivity index (χ0n) is 15.1. The predicted molar refractivity (Wildman–Crippen MR) is 101 cm³/mol. The van der Waals surface area contributed by atoms with Crippen LogP contribution in [0.4, 0.5) is 4.79 Å². The number of benzene rings is 1. The molecular formula is C18H24Cl2N3O3+. The van der Waals surface area contributed by atoms with Crippen molar-refractivity contribution in [2.75, 3.05) is 13.2 Å². The van der Waals surface area contributed by atoms with Crippen molar-refractivity contribution in [1.82, 2.24) is 10.6 Å². The molecule has 1 aromatic rings. The molecule has 1 aromatic carbocycles. The summed E-state index contributed by atoms with van der Waals surface area (Å²) in [6.07, 6.45) is 0.601. The second-order valence-electron chi connectivity index (χ2n) is 6.07. The lowest BCUT2D eigenvalue weighted by atomic mass is 10.00. The summed E-state index contributed by atoms with van der Waals surface area (Å²) in [7, 11) is 0. The molecule has 0 aromatic heterocycles. The van der Waals surface area contributed by atoms with E-state index in [1.54, 1.807) is 19.1 Å². The molecule has 2 atom stereocenters. The molecule has 26 heavy (non-hydrogen) atoms. The summed E-state index contributed by atoms with van der Waals surface area (Å²) in [5.41, 5.74) is 1.97. The SMILES string of the molecule is CCOC(=O)C1=C(C[NH2+][C@@H](C)c2ccc(Cl)cc2Cl)NC(=O)N[C@@H]1CC. The minimum Gasteiger partial charge on any atom is -0.463 e. The first-order valence-electron chi connectivity index (χ1n) is 8.63. The van der Waals surface area contributed by atoms with Crippen molar-refractivity contribution in [2.45, 2.75) is 39.3 Å². The summed E-state index contributed by atoms with van der Waals surface area (Å²) >= 11 is 12.2. The summed E-state index contributed by atoms with van der Waals surface area (Å²) in [5, 5.41) is 8.67. The van der Waals surface area contributed by atoms with E-state index < -0.39 is 5.97 Å². The van der Waals surface area contributed by atoms with Crippen LogP contribution in [0.3, 0.4) is 0 Å². The Hall–Kier alpha value is -1.76. The minimum absolute atomic E-state index is 0.0163. The average molecular weight is 401 g/mol. The maximum atomic E-state index is 12.4. The normalized spacial score (nSPS) is 18.2. The molecule has 8 heteroatoms. The number of hydrogen-bond acceptors (Lipinski definition) is 3. The van der Waals surface area contributed by atoms with Crippen molar-refractivity contribution in [3.63, 3.8) is 0 Å². The average Bonchev–Trinajstić information content (AvgIpc) is 2.59. The van der Waals surface area contributed by atoms with Gasteiger partial charge in [0, 0.05) is 10.6 Å². The van der Waals surface area contributed by atoms with Crippen molar-refractivity contribution >= 4 is 35.2 Å². The fourth-order valence-corrected chi connectivity index (χ4v) is 3.50. The number of amides is 2. The lowest BCUT2D eigenvalue weighted by Crippen LogP contribution is -2.86. The van der Waals surface area contributed by atoms with Gasteiger partial charge in [-0.15, -0.1) is 0 Å². The van der Waals surface area contributed by atoms with Crippen LogP contribution in [-0.4, -0.2) is 31.2 Å². The smallest absolute Gasteiger partial charge is 0.338 e. The van der Waals surface area contributed by atoms with Crippen LogP contribution in [0.1, 0.15) is 38.8 Å². The Bertz CT molecular complexity index is 722. The maximum Gasteiger partial charge on any atom is 0.338 e. The monoisotopic (exact) mass is 400 g/mol. The topological polar surface area (TPSA) is 84.0 Å². The van der Waals surface area contributed by atoms with Crippen LogP contribution in [0, 0.1) is 0 Å². The van der Waals surface area contributed by atoms with Gasteiger partial charge in [-0.25, -0.2) is 9.59 Å². The molecule has 0 saturated carbocycles. The number of quaternary nitrogens is 1. The van der Waals surface area contributed by atoms with E-state index in [-0.39, 0.29) is 24.7 Å². The van der Waals surface area contributed by atoms with E-state index in [0.717, 1.165) is 5.56 Å². The van der Waals surface area contributed by atoms with Crippen LogP contribution < -0.4 is 16.0 Å². The molecule has 0 spiro atoms. The molecule has 0 bridgehead atoms. The second kappa shape index (κ2) is 9.26.